The molecule has 3 saturated heterocycles. The summed E-state index contributed by atoms with van der Waals surface area (Å²) in [7, 11) is 0. The molecule has 60 heavy (non-hydrogen) atoms. The predicted molar refractivity (Wildman–Crippen MR) is 224 cm³/mol. The van der Waals surface area contributed by atoms with E-state index in [-0.39, 0.29) is 32.0 Å². The smallest absolute Gasteiger partial charge is 0.243 e. The quantitative estimate of drug-likeness (QED) is 0.207. The number of benzene rings is 2. The van der Waals surface area contributed by atoms with Crippen molar-refractivity contribution in [1.82, 2.24) is 41.7 Å². The van der Waals surface area contributed by atoms with Crippen molar-refractivity contribution in [2.45, 2.75) is 74.8 Å². The first-order chi connectivity index (χ1) is 29.2. The maximum absolute atomic E-state index is 14.4. The number of amides is 5. The van der Waals surface area contributed by atoms with E-state index < -0.39 is 66.0 Å². The fourth-order valence-electron chi connectivity index (χ4n) is 8.48. The zero-order chi connectivity index (χ0) is 41.8. The second kappa shape index (κ2) is 20.6. The monoisotopic (exact) mass is 822 g/mol. The summed E-state index contributed by atoms with van der Waals surface area (Å²) in [6.07, 6.45) is 9.63. The fraction of sp³-hybridized carbons (Fsp3) is 0.444. The highest BCUT2D eigenvalue weighted by atomic mass is 19.1. The molecule has 0 saturated carbocycles. The Balaban J connectivity index is 1.11. The van der Waals surface area contributed by atoms with Crippen LogP contribution < -0.4 is 31.9 Å². The van der Waals surface area contributed by atoms with Crippen molar-refractivity contribution in [2.24, 2.45) is 0 Å². The van der Waals surface area contributed by atoms with Crippen molar-refractivity contribution in [2.75, 3.05) is 52.5 Å². The average molecular weight is 823 g/mol. The van der Waals surface area contributed by atoms with Gasteiger partial charge in [0.2, 0.25) is 29.5 Å². The zero-order valence-corrected chi connectivity index (χ0v) is 33.7. The van der Waals surface area contributed by atoms with Gasteiger partial charge in [-0.15, -0.1) is 0 Å². The lowest BCUT2D eigenvalue weighted by Crippen LogP contribution is -2.59. The summed E-state index contributed by atoms with van der Waals surface area (Å²) in [6.45, 7) is 4.75. The Kier molecular flexibility index (Phi) is 14.6. The number of carbonyl (C=O) groups excluding carboxylic acids is 5. The van der Waals surface area contributed by atoms with Gasteiger partial charge in [0.25, 0.3) is 0 Å². The van der Waals surface area contributed by atoms with Crippen LogP contribution >= 0.6 is 0 Å². The molecule has 0 bridgehead atoms. The van der Waals surface area contributed by atoms with Crippen LogP contribution in [0.4, 0.5) is 4.39 Å². The normalized spacial score (nSPS) is 26.4. The molecule has 1 aliphatic carbocycles. The molecule has 14 nitrogen and oxygen atoms in total. The fourth-order valence-corrected chi connectivity index (χ4v) is 8.48. The van der Waals surface area contributed by atoms with Crippen LogP contribution in [0.2, 0.25) is 0 Å². The molecule has 3 fully saturated rings. The minimum absolute atomic E-state index is 0.00193. The summed E-state index contributed by atoms with van der Waals surface area (Å²) in [5.41, 5.74) is 3.10. The summed E-state index contributed by atoms with van der Waals surface area (Å²) < 4.78 is 19.7. The lowest BCUT2D eigenvalue weighted by Gasteiger charge is -2.39. The van der Waals surface area contributed by atoms with E-state index in [0.29, 0.717) is 18.0 Å². The molecule has 4 heterocycles. The zero-order valence-electron chi connectivity index (χ0n) is 33.7. The number of piperidine rings is 1. The molecule has 2 unspecified atom stereocenters. The second-order valence-corrected chi connectivity index (χ2v) is 16.0. The number of nitrogens with one attached hydrogen (secondary N) is 6. The molecule has 318 valence electrons. The third-order valence-electron chi connectivity index (χ3n) is 11.7. The largest absolute Gasteiger partial charge is 0.380 e. The molecule has 15 heteroatoms. The Morgan fingerprint density at radius 2 is 1.45 bits per heavy atom. The lowest BCUT2D eigenvalue weighted by atomic mass is 9.95. The number of morpholine rings is 1. The summed E-state index contributed by atoms with van der Waals surface area (Å²) >= 11 is 0. The summed E-state index contributed by atoms with van der Waals surface area (Å²) in [4.78, 5) is 74.7. The van der Waals surface area contributed by atoms with Crippen LogP contribution in [0.1, 0.15) is 36.8 Å². The molecule has 0 radical (unpaired) electrons. The third-order valence-corrected chi connectivity index (χ3v) is 11.7. The number of carbonyl (C=O) groups is 5. The van der Waals surface area contributed by atoms with E-state index in [1.807, 2.05) is 60.7 Å². The van der Waals surface area contributed by atoms with Crippen LogP contribution in [0.3, 0.4) is 0 Å². The minimum atomic E-state index is -1.27. The molecule has 6 N–H and O–H groups in total. The highest BCUT2D eigenvalue weighted by molar-refractivity contribution is 5.96. The van der Waals surface area contributed by atoms with Crippen molar-refractivity contribution < 1.29 is 33.1 Å². The Labute approximate surface area is 350 Å². The molecular formula is C45H55FN8O6. The van der Waals surface area contributed by atoms with E-state index >= 15 is 0 Å². The van der Waals surface area contributed by atoms with Gasteiger partial charge >= 0.3 is 0 Å². The van der Waals surface area contributed by atoms with Gasteiger partial charge < -0.3 is 36.6 Å². The standard InChI is InChI=1S/C45H55FN8O6/c46-33-11-13-36-32(27-47-37(36)14-12-33)25-39-45(59)52-38(24-31-9-5-2-6-10-31)44(58)49-34(23-30-7-3-1-4-8-30)28-48-43(57)40(26-41(55)50-39)51-42(56)29-53-17-15-35(16-18-53)54-19-21-60-22-20-54/h1-14,27,34-35,37-40,47H,15-26,28-29H2,(H,48,57)(H,49,58)(H,50,55)(H,51,56)(H,52,59)/t34-,37?,38+,39+,40?/m1/s1. The van der Waals surface area contributed by atoms with Gasteiger partial charge in [0.1, 0.15) is 24.0 Å². The van der Waals surface area contributed by atoms with Gasteiger partial charge in [0.15, 0.2) is 0 Å². The van der Waals surface area contributed by atoms with Crippen molar-refractivity contribution in [1.29, 1.82) is 0 Å². The number of fused-ring (bicyclic) bond motifs is 1. The molecule has 5 aliphatic rings. The number of allylic oxidation sites excluding steroid dienone is 4. The lowest BCUT2D eigenvalue weighted by molar-refractivity contribution is -0.135. The van der Waals surface area contributed by atoms with Crippen LogP contribution in [0.15, 0.2) is 108 Å². The average Bonchev–Trinajstić information content (AvgIpc) is 3.54. The molecule has 4 aliphatic heterocycles. The number of halogens is 1. The predicted octanol–water partition coefficient (Wildman–Crippen LogP) is 1.32. The van der Waals surface area contributed by atoms with E-state index in [0.717, 1.165) is 68.9 Å². The molecule has 2 aromatic rings. The third kappa shape index (κ3) is 11.8. The maximum atomic E-state index is 14.4. The summed E-state index contributed by atoms with van der Waals surface area (Å²) in [5.74, 6) is -3.14. The SMILES string of the molecule is O=C(CN1CCC(N2CCOCC2)CC1)NC1CC(=O)N[C@@H](CC2=CNC3C=CC(F)=CC=C23)C(=O)N[C@@H](Cc2ccccc2)C(=O)N[C@H](Cc2ccccc2)CNC1=O. The van der Waals surface area contributed by atoms with Gasteiger partial charge in [-0.2, -0.15) is 0 Å². The number of hydrogen-bond acceptors (Lipinski definition) is 9. The van der Waals surface area contributed by atoms with Crippen molar-refractivity contribution in [3.63, 3.8) is 0 Å². The van der Waals surface area contributed by atoms with Crippen LogP contribution in [-0.2, 0) is 41.6 Å². The number of nitrogens with zero attached hydrogens (tertiary/aromatic N) is 2. The Morgan fingerprint density at radius 1 is 0.783 bits per heavy atom. The molecule has 0 spiro atoms. The van der Waals surface area contributed by atoms with Crippen LogP contribution in [0.5, 0.6) is 0 Å². The number of likely N-dealkylation sites (tertiary alicyclic amines) is 1. The van der Waals surface area contributed by atoms with Crippen LogP contribution in [-0.4, -0.2) is 128 Å². The van der Waals surface area contributed by atoms with Crippen LogP contribution in [0.25, 0.3) is 0 Å². The van der Waals surface area contributed by atoms with Gasteiger partial charge in [-0.25, -0.2) is 4.39 Å². The second-order valence-electron chi connectivity index (χ2n) is 16.0. The van der Waals surface area contributed by atoms with E-state index in [1.54, 1.807) is 18.4 Å². The number of ether oxygens (including phenoxy) is 1. The Bertz CT molecular complexity index is 1980. The van der Waals surface area contributed by atoms with Crippen LogP contribution in [0, 0.1) is 0 Å². The molecule has 0 aromatic heterocycles. The summed E-state index contributed by atoms with van der Waals surface area (Å²) in [6, 6.07) is 14.8. The summed E-state index contributed by atoms with van der Waals surface area (Å²) in [5, 5.41) is 17.7. The molecule has 5 amide bonds. The first-order valence-corrected chi connectivity index (χ1v) is 21.0. The van der Waals surface area contributed by atoms with Gasteiger partial charge in [-0.05, 0) is 53.7 Å². The van der Waals surface area contributed by atoms with Gasteiger partial charge in [0.05, 0.1) is 38.3 Å². The van der Waals surface area contributed by atoms with E-state index in [1.165, 1.54) is 12.2 Å². The first kappa shape index (κ1) is 42.5. The number of hydrogen-bond donors (Lipinski definition) is 6. The molecular weight excluding hydrogens is 768 g/mol. The van der Waals surface area contributed by atoms with Crippen molar-refractivity contribution in [3.8, 4) is 0 Å². The number of rotatable bonds is 10. The highest BCUT2D eigenvalue weighted by Crippen LogP contribution is 2.28. The Hall–Kier alpha value is -5.64. The Morgan fingerprint density at radius 3 is 2.17 bits per heavy atom. The minimum Gasteiger partial charge on any atom is -0.380 e. The van der Waals surface area contributed by atoms with Crippen molar-refractivity contribution in [3.05, 3.63) is 119 Å². The van der Waals surface area contributed by atoms with E-state index in [9.17, 15) is 28.4 Å². The van der Waals surface area contributed by atoms with Gasteiger partial charge in [-0.1, -0.05) is 72.8 Å². The van der Waals surface area contributed by atoms with Gasteiger partial charge in [0, 0.05) is 57.8 Å². The van der Waals surface area contributed by atoms with Gasteiger partial charge in [-0.3, -0.25) is 33.8 Å². The molecule has 5 atom stereocenters. The molecule has 2 aromatic carbocycles. The van der Waals surface area contributed by atoms with E-state index in [2.05, 4.69) is 41.7 Å². The van der Waals surface area contributed by atoms with Crippen molar-refractivity contribution >= 4 is 29.5 Å². The first-order valence-electron chi connectivity index (χ1n) is 21.0. The molecule has 7 rings (SSSR count). The van der Waals surface area contributed by atoms with E-state index in [4.69, 9.17) is 4.74 Å². The maximum Gasteiger partial charge on any atom is 0.243 e. The topological polar surface area (TPSA) is 173 Å². The highest BCUT2D eigenvalue weighted by Gasteiger charge is 2.35.